The Kier molecular flexibility index (Phi) is 4.32. The van der Waals surface area contributed by atoms with Gasteiger partial charge in [0.2, 0.25) is 0 Å². The normalized spacial score (nSPS) is 13.1. The Morgan fingerprint density at radius 1 is 1.29 bits per heavy atom. The van der Waals surface area contributed by atoms with Crippen LogP contribution in [0.15, 0.2) is 30.3 Å². The molecule has 0 spiro atoms. The topological polar surface area (TPSA) is 66.4 Å². The summed E-state index contributed by atoms with van der Waals surface area (Å²) < 4.78 is 1.05. The molecule has 0 aliphatic heterocycles. The number of hydrogen-bond acceptors (Lipinski definition) is 3. The number of carbonyl (C=O) groups is 2. The van der Waals surface area contributed by atoms with Gasteiger partial charge < -0.3 is 10.4 Å². The summed E-state index contributed by atoms with van der Waals surface area (Å²) in [6.45, 7) is 5.77. The quantitative estimate of drug-likeness (QED) is 0.908. The number of carboxylic acid groups (broad SMARTS) is 1. The lowest BCUT2D eigenvalue weighted by Gasteiger charge is -2.30. The fraction of sp³-hybridized carbons (Fsp3) is 0.375. The molecule has 1 amide bonds. The summed E-state index contributed by atoms with van der Waals surface area (Å²) in [6.07, 6.45) is -0.0832. The molecule has 21 heavy (non-hydrogen) atoms. The van der Waals surface area contributed by atoms with Crippen molar-refractivity contribution in [3.05, 3.63) is 35.2 Å². The molecular weight excluding hydrogens is 286 g/mol. The highest BCUT2D eigenvalue weighted by molar-refractivity contribution is 7.20. The van der Waals surface area contributed by atoms with Gasteiger partial charge in [-0.3, -0.25) is 9.59 Å². The van der Waals surface area contributed by atoms with Crippen LogP contribution in [-0.2, 0) is 4.79 Å². The van der Waals surface area contributed by atoms with Gasteiger partial charge in [-0.05, 0) is 22.9 Å². The van der Waals surface area contributed by atoms with Crippen molar-refractivity contribution in [3.63, 3.8) is 0 Å². The molecule has 1 unspecified atom stereocenters. The molecule has 1 heterocycles. The van der Waals surface area contributed by atoms with Crippen LogP contribution in [-0.4, -0.2) is 23.0 Å². The molecule has 0 fully saturated rings. The third kappa shape index (κ3) is 3.82. The molecule has 1 atom stereocenters. The van der Waals surface area contributed by atoms with Crippen LogP contribution in [0, 0.1) is 5.41 Å². The molecule has 0 saturated heterocycles. The third-order valence-electron chi connectivity index (χ3n) is 3.38. The number of nitrogens with one attached hydrogen (secondary N) is 1. The fourth-order valence-electron chi connectivity index (χ4n) is 2.07. The van der Waals surface area contributed by atoms with Crippen LogP contribution in [0.4, 0.5) is 0 Å². The summed E-state index contributed by atoms with van der Waals surface area (Å²) in [4.78, 5) is 23.9. The van der Waals surface area contributed by atoms with Crippen LogP contribution in [0.2, 0.25) is 0 Å². The second-order valence-electron chi connectivity index (χ2n) is 6.14. The average molecular weight is 305 g/mol. The second kappa shape index (κ2) is 5.85. The molecule has 2 aromatic rings. The van der Waals surface area contributed by atoms with E-state index in [0.29, 0.717) is 4.88 Å². The number of amides is 1. The molecule has 0 bridgehead atoms. The number of benzene rings is 1. The van der Waals surface area contributed by atoms with Crippen LogP contribution in [0.3, 0.4) is 0 Å². The van der Waals surface area contributed by atoms with Gasteiger partial charge in [-0.1, -0.05) is 39.0 Å². The van der Waals surface area contributed by atoms with Crippen molar-refractivity contribution < 1.29 is 14.7 Å². The van der Waals surface area contributed by atoms with Gasteiger partial charge in [0, 0.05) is 10.7 Å². The summed E-state index contributed by atoms with van der Waals surface area (Å²) in [5.74, 6) is -1.12. The Morgan fingerprint density at radius 3 is 2.52 bits per heavy atom. The third-order valence-corrected chi connectivity index (χ3v) is 4.49. The minimum absolute atomic E-state index is 0.0832. The van der Waals surface area contributed by atoms with Crippen molar-refractivity contribution in [2.45, 2.75) is 33.2 Å². The van der Waals surface area contributed by atoms with Crippen molar-refractivity contribution >= 4 is 33.3 Å². The minimum atomic E-state index is -0.911. The van der Waals surface area contributed by atoms with Gasteiger partial charge in [-0.15, -0.1) is 11.3 Å². The number of rotatable bonds is 4. The van der Waals surface area contributed by atoms with Crippen molar-refractivity contribution in [2.24, 2.45) is 5.41 Å². The zero-order valence-electron chi connectivity index (χ0n) is 12.3. The van der Waals surface area contributed by atoms with E-state index in [4.69, 9.17) is 5.11 Å². The standard InChI is InChI=1S/C16H19NO3S/c1-16(2,3)13(9-14(18)19)17-15(20)12-8-10-6-4-5-7-11(10)21-12/h4-8,13H,9H2,1-3H3,(H,17,20)(H,18,19). The first kappa shape index (κ1) is 15.5. The van der Waals surface area contributed by atoms with Gasteiger partial charge in [0.15, 0.2) is 0 Å². The van der Waals surface area contributed by atoms with E-state index in [0.717, 1.165) is 10.1 Å². The van der Waals surface area contributed by atoms with E-state index >= 15 is 0 Å². The van der Waals surface area contributed by atoms with Gasteiger partial charge in [0.05, 0.1) is 11.3 Å². The van der Waals surface area contributed by atoms with Gasteiger partial charge in [-0.25, -0.2) is 0 Å². The lowest BCUT2D eigenvalue weighted by molar-refractivity contribution is -0.138. The number of fused-ring (bicyclic) bond motifs is 1. The highest BCUT2D eigenvalue weighted by Gasteiger charge is 2.29. The zero-order valence-corrected chi connectivity index (χ0v) is 13.2. The summed E-state index contributed by atoms with van der Waals surface area (Å²) >= 11 is 1.42. The van der Waals surface area contributed by atoms with Gasteiger partial charge in [-0.2, -0.15) is 0 Å². The van der Waals surface area contributed by atoms with Crippen molar-refractivity contribution in [3.8, 4) is 0 Å². The molecule has 2 rings (SSSR count). The summed E-state index contributed by atoms with van der Waals surface area (Å²) in [7, 11) is 0. The molecule has 5 heteroatoms. The Hall–Kier alpha value is -1.88. The molecule has 1 aromatic carbocycles. The van der Waals surface area contributed by atoms with E-state index in [9.17, 15) is 9.59 Å². The van der Waals surface area contributed by atoms with E-state index < -0.39 is 12.0 Å². The van der Waals surface area contributed by atoms with E-state index in [1.165, 1.54) is 11.3 Å². The first-order valence-electron chi connectivity index (χ1n) is 6.78. The smallest absolute Gasteiger partial charge is 0.305 e. The fourth-order valence-corrected chi connectivity index (χ4v) is 3.04. The predicted molar refractivity (Wildman–Crippen MR) is 84.8 cm³/mol. The van der Waals surface area contributed by atoms with Gasteiger partial charge in [0.25, 0.3) is 5.91 Å². The predicted octanol–water partition coefficient (Wildman–Crippen LogP) is 3.52. The Balaban J connectivity index is 2.20. The van der Waals surface area contributed by atoms with Gasteiger partial charge >= 0.3 is 5.97 Å². The molecule has 0 saturated carbocycles. The van der Waals surface area contributed by atoms with Crippen molar-refractivity contribution in [1.29, 1.82) is 0 Å². The summed E-state index contributed by atoms with van der Waals surface area (Å²) in [5, 5.41) is 12.9. The molecule has 0 aliphatic rings. The van der Waals surface area contributed by atoms with Crippen LogP contribution >= 0.6 is 11.3 Å². The summed E-state index contributed by atoms with van der Waals surface area (Å²) in [6, 6.07) is 9.22. The minimum Gasteiger partial charge on any atom is -0.481 e. The van der Waals surface area contributed by atoms with Crippen LogP contribution < -0.4 is 5.32 Å². The molecule has 1 aromatic heterocycles. The van der Waals surface area contributed by atoms with E-state index in [-0.39, 0.29) is 17.7 Å². The average Bonchev–Trinajstić information content (AvgIpc) is 2.80. The van der Waals surface area contributed by atoms with E-state index in [1.54, 1.807) is 0 Å². The second-order valence-corrected chi connectivity index (χ2v) is 7.22. The summed E-state index contributed by atoms with van der Waals surface area (Å²) in [5.41, 5.74) is -0.315. The maximum absolute atomic E-state index is 12.4. The number of thiophene rings is 1. The first-order chi connectivity index (χ1) is 9.77. The molecule has 0 aliphatic carbocycles. The largest absolute Gasteiger partial charge is 0.481 e. The van der Waals surface area contributed by atoms with Crippen LogP contribution in [0.5, 0.6) is 0 Å². The SMILES string of the molecule is CC(C)(C)C(CC(=O)O)NC(=O)c1cc2ccccc2s1. The first-order valence-corrected chi connectivity index (χ1v) is 7.60. The lowest BCUT2D eigenvalue weighted by Crippen LogP contribution is -2.44. The molecular formula is C16H19NO3S. The van der Waals surface area contributed by atoms with Crippen LogP contribution in [0.1, 0.15) is 36.9 Å². The Morgan fingerprint density at radius 2 is 1.95 bits per heavy atom. The number of carbonyl (C=O) groups excluding carboxylic acids is 1. The monoisotopic (exact) mass is 305 g/mol. The Labute approximate surface area is 127 Å². The van der Waals surface area contributed by atoms with Gasteiger partial charge in [0.1, 0.15) is 0 Å². The molecule has 2 N–H and O–H groups in total. The van der Waals surface area contributed by atoms with E-state index in [2.05, 4.69) is 5.32 Å². The number of hydrogen-bond donors (Lipinski definition) is 2. The maximum atomic E-state index is 12.4. The zero-order chi connectivity index (χ0) is 15.6. The lowest BCUT2D eigenvalue weighted by atomic mass is 9.84. The number of aliphatic carboxylic acids is 1. The molecule has 0 radical (unpaired) electrons. The highest BCUT2D eigenvalue weighted by Crippen LogP contribution is 2.27. The maximum Gasteiger partial charge on any atom is 0.305 e. The van der Waals surface area contributed by atoms with Crippen molar-refractivity contribution in [2.75, 3.05) is 0 Å². The Bertz CT molecular complexity index is 636. The highest BCUT2D eigenvalue weighted by atomic mass is 32.1. The van der Waals surface area contributed by atoms with Crippen molar-refractivity contribution in [1.82, 2.24) is 5.32 Å². The molecule has 4 nitrogen and oxygen atoms in total. The molecule has 112 valence electrons. The number of carboxylic acids is 1. The van der Waals surface area contributed by atoms with Crippen LogP contribution in [0.25, 0.3) is 10.1 Å². The van der Waals surface area contributed by atoms with E-state index in [1.807, 2.05) is 51.1 Å².